The van der Waals surface area contributed by atoms with Gasteiger partial charge in [0.25, 0.3) is 0 Å². The molecule has 1 aliphatic heterocycles. The van der Waals surface area contributed by atoms with Gasteiger partial charge in [-0.1, -0.05) is 0 Å². The fraction of sp³-hybridized carbons (Fsp3) is 0.714. The molecule has 0 bridgehead atoms. The van der Waals surface area contributed by atoms with E-state index in [9.17, 15) is 0 Å². The number of ether oxygens (including phenoxy) is 1. The van der Waals surface area contributed by atoms with Crippen molar-refractivity contribution in [3.8, 4) is 0 Å². The zero-order valence-electron chi connectivity index (χ0n) is 11.9. The standard InChI is InChI=1S/C14H24N4O/c1-11-10-14(17-12(2)16-11)18-7-4-13(5-8-18)19-9-3-6-15/h10,13H,3-9,15H2,1-2H3. The van der Waals surface area contributed by atoms with Gasteiger partial charge >= 0.3 is 0 Å². The van der Waals surface area contributed by atoms with Gasteiger partial charge in [-0.15, -0.1) is 0 Å². The fourth-order valence-corrected chi connectivity index (χ4v) is 2.44. The summed E-state index contributed by atoms with van der Waals surface area (Å²) in [7, 11) is 0. The summed E-state index contributed by atoms with van der Waals surface area (Å²) in [4.78, 5) is 11.2. The predicted octanol–water partition coefficient (Wildman–Crippen LogP) is 1.43. The number of hydrogen-bond acceptors (Lipinski definition) is 5. The largest absolute Gasteiger partial charge is 0.378 e. The third-order valence-electron chi connectivity index (χ3n) is 3.42. The Kier molecular flexibility index (Phi) is 5.10. The second-order valence-corrected chi connectivity index (χ2v) is 5.11. The minimum absolute atomic E-state index is 0.381. The number of nitrogens with two attached hydrogens (primary N) is 1. The maximum Gasteiger partial charge on any atom is 0.132 e. The number of piperidine rings is 1. The first kappa shape index (κ1) is 14.2. The lowest BCUT2D eigenvalue weighted by atomic mass is 10.1. The molecule has 1 aliphatic rings. The third kappa shape index (κ3) is 4.14. The van der Waals surface area contributed by atoms with E-state index in [0.717, 1.165) is 56.3 Å². The topological polar surface area (TPSA) is 64.3 Å². The highest BCUT2D eigenvalue weighted by Gasteiger charge is 2.20. The van der Waals surface area contributed by atoms with Crippen molar-refractivity contribution in [3.63, 3.8) is 0 Å². The van der Waals surface area contributed by atoms with E-state index in [1.807, 2.05) is 13.8 Å². The van der Waals surface area contributed by atoms with E-state index in [1.54, 1.807) is 0 Å². The summed E-state index contributed by atoms with van der Waals surface area (Å²) in [5.74, 6) is 1.89. The maximum absolute atomic E-state index is 5.82. The normalized spacial score (nSPS) is 16.9. The quantitative estimate of drug-likeness (QED) is 0.815. The van der Waals surface area contributed by atoms with Crippen molar-refractivity contribution in [2.24, 2.45) is 5.73 Å². The van der Waals surface area contributed by atoms with E-state index < -0.39 is 0 Å². The van der Waals surface area contributed by atoms with Crippen molar-refractivity contribution in [2.75, 3.05) is 31.1 Å². The molecule has 2 heterocycles. The van der Waals surface area contributed by atoms with E-state index in [2.05, 4.69) is 20.9 Å². The van der Waals surface area contributed by atoms with Crippen LogP contribution in [-0.2, 0) is 4.74 Å². The minimum atomic E-state index is 0.381. The van der Waals surface area contributed by atoms with Crippen molar-refractivity contribution < 1.29 is 4.74 Å². The number of anilines is 1. The van der Waals surface area contributed by atoms with Gasteiger partial charge < -0.3 is 15.4 Å². The zero-order chi connectivity index (χ0) is 13.7. The molecule has 5 nitrogen and oxygen atoms in total. The first-order valence-corrected chi connectivity index (χ1v) is 7.08. The molecule has 1 saturated heterocycles. The van der Waals surface area contributed by atoms with Gasteiger partial charge in [0.2, 0.25) is 0 Å². The number of aromatic nitrogens is 2. The van der Waals surface area contributed by atoms with Crippen LogP contribution in [0.15, 0.2) is 6.07 Å². The van der Waals surface area contributed by atoms with E-state index in [-0.39, 0.29) is 0 Å². The average molecular weight is 264 g/mol. The van der Waals surface area contributed by atoms with Gasteiger partial charge in [-0.2, -0.15) is 0 Å². The van der Waals surface area contributed by atoms with Crippen molar-refractivity contribution in [3.05, 3.63) is 17.6 Å². The Bertz CT molecular complexity index is 382. The van der Waals surface area contributed by atoms with Gasteiger partial charge in [-0.25, -0.2) is 9.97 Å². The molecule has 0 aromatic carbocycles. The molecule has 0 spiro atoms. The lowest BCUT2D eigenvalue weighted by Crippen LogP contribution is -2.37. The number of rotatable bonds is 5. The van der Waals surface area contributed by atoms with Crippen LogP contribution in [0.3, 0.4) is 0 Å². The van der Waals surface area contributed by atoms with Crippen LogP contribution in [0.2, 0.25) is 0 Å². The van der Waals surface area contributed by atoms with Crippen LogP contribution >= 0.6 is 0 Å². The molecule has 0 amide bonds. The van der Waals surface area contributed by atoms with Crippen LogP contribution in [-0.4, -0.2) is 42.3 Å². The third-order valence-corrected chi connectivity index (χ3v) is 3.42. The van der Waals surface area contributed by atoms with Crippen molar-refractivity contribution in [2.45, 2.75) is 39.2 Å². The van der Waals surface area contributed by atoms with Gasteiger partial charge in [0, 0.05) is 31.5 Å². The lowest BCUT2D eigenvalue weighted by molar-refractivity contribution is 0.0365. The molecular weight excluding hydrogens is 240 g/mol. The monoisotopic (exact) mass is 264 g/mol. The molecule has 106 valence electrons. The number of nitrogens with zero attached hydrogens (tertiary/aromatic N) is 3. The van der Waals surface area contributed by atoms with Crippen molar-refractivity contribution in [1.82, 2.24) is 9.97 Å². The van der Waals surface area contributed by atoms with Gasteiger partial charge in [0.15, 0.2) is 0 Å². The van der Waals surface area contributed by atoms with Crippen LogP contribution in [0.4, 0.5) is 5.82 Å². The van der Waals surface area contributed by atoms with Crippen LogP contribution in [0, 0.1) is 13.8 Å². The Balaban J connectivity index is 1.85. The molecule has 2 N–H and O–H groups in total. The molecule has 0 aliphatic carbocycles. The van der Waals surface area contributed by atoms with Crippen molar-refractivity contribution in [1.29, 1.82) is 0 Å². The van der Waals surface area contributed by atoms with E-state index >= 15 is 0 Å². The summed E-state index contributed by atoms with van der Waals surface area (Å²) in [6.07, 6.45) is 3.45. The molecule has 0 atom stereocenters. The Morgan fingerprint density at radius 2 is 2.05 bits per heavy atom. The summed E-state index contributed by atoms with van der Waals surface area (Å²) in [6.45, 7) is 7.46. The van der Waals surface area contributed by atoms with Gasteiger partial charge in [-0.05, 0) is 39.7 Å². The summed E-state index contributed by atoms with van der Waals surface area (Å²) < 4.78 is 5.82. The summed E-state index contributed by atoms with van der Waals surface area (Å²) in [5.41, 5.74) is 6.50. The van der Waals surface area contributed by atoms with Crippen molar-refractivity contribution >= 4 is 5.82 Å². The van der Waals surface area contributed by atoms with E-state index in [0.29, 0.717) is 12.6 Å². The summed E-state index contributed by atoms with van der Waals surface area (Å²) in [6, 6.07) is 2.06. The highest BCUT2D eigenvalue weighted by atomic mass is 16.5. The summed E-state index contributed by atoms with van der Waals surface area (Å²) >= 11 is 0. The van der Waals surface area contributed by atoms with Gasteiger partial charge in [0.1, 0.15) is 11.6 Å². The molecule has 0 saturated carbocycles. The SMILES string of the molecule is Cc1cc(N2CCC(OCCCN)CC2)nc(C)n1. The Morgan fingerprint density at radius 1 is 1.32 bits per heavy atom. The molecule has 2 rings (SSSR count). The van der Waals surface area contributed by atoms with Crippen LogP contribution in [0.1, 0.15) is 30.8 Å². The first-order chi connectivity index (χ1) is 9.19. The van der Waals surface area contributed by atoms with Crippen LogP contribution in [0.25, 0.3) is 0 Å². The second kappa shape index (κ2) is 6.82. The van der Waals surface area contributed by atoms with Crippen LogP contribution < -0.4 is 10.6 Å². The Hall–Kier alpha value is -1.20. The first-order valence-electron chi connectivity index (χ1n) is 7.08. The number of aryl methyl sites for hydroxylation is 2. The predicted molar refractivity (Wildman–Crippen MR) is 76.4 cm³/mol. The molecule has 5 heteroatoms. The maximum atomic E-state index is 5.82. The molecule has 1 fully saturated rings. The second-order valence-electron chi connectivity index (χ2n) is 5.11. The molecular formula is C14H24N4O. The zero-order valence-corrected chi connectivity index (χ0v) is 11.9. The summed E-state index contributed by atoms with van der Waals surface area (Å²) in [5, 5.41) is 0. The molecule has 19 heavy (non-hydrogen) atoms. The molecule has 0 radical (unpaired) electrons. The van der Waals surface area contributed by atoms with Gasteiger partial charge in [-0.3, -0.25) is 0 Å². The van der Waals surface area contributed by atoms with E-state index in [1.165, 1.54) is 0 Å². The molecule has 0 unspecified atom stereocenters. The average Bonchev–Trinajstić information content (AvgIpc) is 2.39. The Labute approximate surface area is 115 Å². The number of hydrogen-bond donors (Lipinski definition) is 1. The highest BCUT2D eigenvalue weighted by molar-refractivity contribution is 5.40. The lowest BCUT2D eigenvalue weighted by Gasteiger charge is -2.32. The Morgan fingerprint density at radius 3 is 2.68 bits per heavy atom. The molecule has 1 aromatic rings. The minimum Gasteiger partial charge on any atom is -0.378 e. The highest BCUT2D eigenvalue weighted by Crippen LogP contribution is 2.20. The smallest absolute Gasteiger partial charge is 0.132 e. The fourth-order valence-electron chi connectivity index (χ4n) is 2.44. The van der Waals surface area contributed by atoms with Crippen LogP contribution in [0.5, 0.6) is 0 Å². The van der Waals surface area contributed by atoms with E-state index in [4.69, 9.17) is 10.5 Å². The van der Waals surface area contributed by atoms with Gasteiger partial charge in [0.05, 0.1) is 6.10 Å². The molecule has 1 aromatic heterocycles.